The highest BCUT2D eigenvalue weighted by Crippen LogP contribution is 2.40. The summed E-state index contributed by atoms with van der Waals surface area (Å²) in [5.41, 5.74) is 2.19. The second kappa shape index (κ2) is 50.6. The van der Waals surface area contributed by atoms with Gasteiger partial charge in [-0.2, -0.15) is 65.9 Å². The van der Waals surface area contributed by atoms with Crippen LogP contribution in [0.1, 0.15) is 82.0 Å². The van der Waals surface area contributed by atoms with E-state index in [2.05, 4.69) is 17.9 Å². The maximum Gasteiger partial charge on any atom is 0.514 e. The van der Waals surface area contributed by atoms with Gasteiger partial charge in [0.1, 0.15) is 64.0 Å². The molecular formula is C68H69B11F15O27S5-5. The first-order chi connectivity index (χ1) is 57.6. The number of rotatable bonds is 40. The van der Waals surface area contributed by atoms with Crippen molar-refractivity contribution in [1.29, 1.82) is 0 Å². The van der Waals surface area contributed by atoms with Gasteiger partial charge in [-0.3, -0.25) is 0 Å². The highest BCUT2D eigenvalue weighted by molar-refractivity contribution is 7.86. The van der Waals surface area contributed by atoms with E-state index in [1.54, 1.807) is 20.8 Å². The SMILES string of the molecule is [B]Cc1cc(C[B])c(OC(CS(=O)(=O)[O-])C(F)(F)F)cc1C[B].[B]Cc1cc(OC(CS(=O)(=O)[O-])C(F)(F)F)cc(C[B])c1OC(=O)OC(C)(C)C.[B]Cc1cc(OC(CS(=O)(=O)[O-])C(F)(F)F)cc(C[B])c1OC=C.[B]Cc1cc(OC(CS(=O)(=O)[O-])C(F)(F)F)cc(C[B])c1OCC=C.[B]Cc1cc(OC(CS(=O)(=O)[O-])C(F)(F)F)cc(C[B])c1OCOC. The average Bonchev–Trinajstić information content (AvgIpc) is 0.820. The normalized spacial score (nSPS) is 13.5. The van der Waals surface area contributed by atoms with Crippen LogP contribution in [-0.2, 0) is 130 Å². The number of ether oxygens (including phenoxy) is 11. The van der Waals surface area contributed by atoms with Crippen LogP contribution < -0.4 is 42.6 Å². The summed E-state index contributed by atoms with van der Waals surface area (Å²) in [4.78, 5) is 11.9. The summed E-state index contributed by atoms with van der Waals surface area (Å²) >= 11 is 0. The molecule has 0 N–H and O–H groups in total. The molecule has 0 aliphatic heterocycles. The fourth-order valence-corrected chi connectivity index (χ4v) is 12.9. The summed E-state index contributed by atoms with van der Waals surface area (Å²) in [5, 5.41) is 0. The van der Waals surface area contributed by atoms with Crippen molar-refractivity contribution >= 4 is 143 Å². The maximum absolute atomic E-state index is 13.0. The van der Waals surface area contributed by atoms with Gasteiger partial charge in [0.2, 0.25) is 30.5 Å². The van der Waals surface area contributed by atoms with Gasteiger partial charge in [0.05, 0.1) is 172 Å². The number of carbonyl (C=O) groups excluding carboxylic acids is 1. The van der Waals surface area contributed by atoms with Gasteiger partial charge < -0.3 is 74.9 Å². The Morgan fingerprint density at radius 3 is 0.817 bits per heavy atom. The molecule has 0 fully saturated rings. The molecule has 5 atom stereocenters. The number of methoxy groups -OCH3 is 1. The Balaban J connectivity index is 0.000000789. The monoisotopic (exact) mass is 1880 g/mol. The highest BCUT2D eigenvalue weighted by atomic mass is 32.2. The third kappa shape index (κ3) is 43.2. The first-order valence-corrected chi connectivity index (χ1v) is 42.9. The van der Waals surface area contributed by atoms with E-state index < -0.39 is 158 Å². The van der Waals surface area contributed by atoms with Crippen LogP contribution in [0.15, 0.2) is 86.2 Å². The van der Waals surface area contributed by atoms with Crippen molar-refractivity contribution < 1.29 is 188 Å². The van der Waals surface area contributed by atoms with Gasteiger partial charge in [0, 0.05) is 7.11 Å². The standard InChI is InChI=1S/C16H19B2F3O7S.C14H15B2F3O5S.C13H15B2F3O6S.C13H13B2F3O5S.C12H12B3F3O4S/c1-15(2,3)28-14(22)27-13-9(6-17)4-11(5-10(13)7-18)26-12(16(19,20)21)8-29(23,24)25;1-2-3-23-13-9(6-15)4-11(5-10(13)7-16)24-12(14(17,18)19)8-25(20,21)22;1-22-7-23-12-8(4-14)2-10(3-9(12)5-15)24-11(13(16,17)18)6-25(19,20)21;1-2-22-12-8(5-14)3-10(4-9(12)6-15)23-11(13(16,17)18)7-24(19,20)21;13-3-7-1-9(5-15)10(2-8(7)4-14)22-11(12(16,17)18)6-23(19,20)21/h4-5,12H,6-8H2,1-3H3,(H,23,24,25);2,4-5,12H,1,3,6-8H2,(H,20,21,22);2-3,11H,4-7H2,1H3,(H,19,20,21);2-4,11H,1,5-7H2,(H,19,20,21);1-2,11H,3-6H2,(H,19,20,21)/p-5. The van der Waals surface area contributed by atoms with Crippen molar-refractivity contribution in [2.75, 3.05) is 49.3 Å². The molecule has 27 nitrogen and oxygen atoms in total. The Kier molecular flexibility index (Phi) is 46.7. The molecular weight excluding hydrogens is 1810 g/mol. The first kappa shape index (κ1) is 116. The molecule has 0 aromatic heterocycles. The Hall–Kier alpha value is -7.58. The molecule has 0 spiro atoms. The summed E-state index contributed by atoms with van der Waals surface area (Å²) in [5.74, 6) is -9.90. The molecule has 0 saturated carbocycles. The fraction of sp³-hybridized carbons (Fsp3) is 0.485. The summed E-state index contributed by atoms with van der Waals surface area (Å²) in [6.45, 7) is 11.6. The molecule has 0 bridgehead atoms. The van der Waals surface area contributed by atoms with Crippen LogP contribution in [0.2, 0.25) is 0 Å². The minimum absolute atomic E-state index is 0.00964. The summed E-state index contributed by atoms with van der Waals surface area (Å²) in [6.07, 6.45) is -39.3. The lowest BCUT2D eigenvalue weighted by atomic mass is 9.83. The van der Waals surface area contributed by atoms with Gasteiger partial charge in [0.15, 0.2) is 6.79 Å². The zero-order chi connectivity index (χ0) is 97.5. The van der Waals surface area contributed by atoms with Crippen molar-refractivity contribution in [2.45, 2.75) is 157 Å². The number of alkyl halides is 15. The van der Waals surface area contributed by atoms with Crippen LogP contribution in [0, 0.1) is 0 Å². The average molecular weight is 1880 g/mol. The number of hydrogen-bond donors (Lipinski definition) is 0. The molecule has 0 saturated heterocycles. The van der Waals surface area contributed by atoms with Crippen molar-refractivity contribution in [3.63, 3.8) is 0 Å². The lowest BCUT2D eigenvalue weighted by molar-refractivity contribution is -0.188. The van der Waals surface area contributed by atoms with E-state index in [0.29, 0.717) is 22.3 Å². The Morgan fingerprint density at radius 2 is 0.595 bits per heavy atom. The van der Waals surface area contributed by atoms with Crippen LogP contribution in [-0.4, -0.2) is 274 Å². The van der Waals surface area contributed by atoms with E-state index in [1.165, 1.54) is 37.5 Å². The smallest absolute Gasteiger partial charge is 0.514 e. The van der Waals surface area contributed by atoms with Gasteiger partial charge in [-0.05, 0) is 125 Å². The molecule has 676 valence electrons. The van der Waals surface area contributed by atoms with E-state index >= 15 is 0 Å². The Morgan fingerprint density at radius 1 is 0.357 bits per heavy atom. The van der Waals surface area contributed by atoms with Gasteiger partial charge in [0.25, 0.3) is 0 Å². The molecule has 5 aromatic carbocycles. The minimum Gasteiger partial charge on any atom is -0.748 e. The number of hydrogen-bond acceptors (Lipinski definition) is 27. The molecule has 5 aromatic rings. The fourth-order valence-electron chi connectivity index (χ4n) is 9.81. The molecule has 126 heavy (non-hydrogen) atoms. The Bertz CT molecular complexity index is 4880. The van der Waals surface area contributed by atoms with Crippen molar-refractivity contribution in [3.05, 3.63) is 147 Å². The minimum atomic E-state index is -5.23. The second-order valence-electron chi connectivity index (χ2n) is 26.1. The third-order valence-corrected chi connectivity index (χ3v) is 18.7. The van der Waals surface area contributed by atoms with E-state index in [1.807, 2.05) is 0 Å². The van der Waals surface area contributed by atoms with Crippen LogP contribution in [0.25, 0.3) is 0 Å². The number of carbonyl (C=O) groups is 1. The number of benzene rings is 5. The van der Waals surface area contributed by atoms with Crippen molar-refractivity contribution in [2.24, 2.45) is 0 Å². The van der Waals surface area contributed by atoms with Crippen LogP contribution in [0.5, 0.6) is 51.7 Å². The summed E-state index contributed by atoms with van der Waals surface area (Å²) < 4.78 is 409. The molecule has 5 rings (SSSR count). The molecule has 58 heteroatoms. The van der Waals surface area contributed by atoms with Crippen LogP contribution >= 0.6 is 0 Å². The second-order valence-corrected chi connectivity index (χ2v) is 33.4. The van der Waals surface area contributed by atoms with Gasteiger partial charge in [-0.15, -0.1) is 0 Å². The molecule has 5 unspecified atom stereocenters. The van der Waals surface area contributed by atoms with E-state index in [-0.39, 0.29) is 168 Å². The quantitative estimate of drug-likeness (QED) is 0.00594. The lowest BCUT2D eigenvalue weighted by Crippen LogP contribution is -2.40. The van der Waals surface area contributed by atoms with E-state index in [4.69, 9.17) is 134 Å². The lowest BCUT2D eigenvalue weighted by Gasteiger charge is -2.25. The van der Waals surface area contributed by atoms with Gasteiger partial charge in [-0.25, -0.2) is 46.9 Å². The van der Waals surface area contributed by atoms with Gasteiger partial charge >= 0.3 is 37.0 Å². The predicted octanol–water partition coefficient (Wildman–Crippen LogP) is 6.44. The Labute approximate surface area is 732 Å². The van der Waals surface area contributed by atoms with E-state index in [9.17, 15) is 136 Å². The van der Waals surface area contributed by atoms with Crippen LogP contribution in [0.3, 0.4) is 0 Å². The van der Waals surface area contributed by atoms with E-state index in [0.717, 1.165) is 42.7 Å². The zero-order valence-corrected chi connectivity index (χ0v) is 70.6. The van der Waals surface area contributed by atoms with Gasteiger partial charge in [-0.1, -0.05) is 106 Å². The maximum atomic E-state index is 13.0. The van der Waals surface area contributed by atoms with Crippen molar-refractivity contribution in [3.8, 4) is 51.7 Å². The molecule has 0 aliphatic carbocycles. The third-order valence-electron chi connectivity index (χ3n) is 15.1. The summed E-state index contributed by atoms with van der Waals surface area (Å²) in [6, 6.07) is 11.7. The predicted molar refractivity (Wildman–Crippen MR) is 427 cm³/mol. The zero-order valence-electron chi connectivity index (χ0n) is 66.5. The summed E-state index contributed by atoms with van der Waals surface area (Å²) in [7, 11) is 36.4. The molecule has 0 aliphatic rings. The molecule has 0 amide bonds. The first-order valence-electron chi connectivity index (χ1n) is 35.0. The molecule has 0 heterocycles. The number of halogens is 15. The molecule has 22 radical (unpaired) electrons. The largest absolute Gasteiger partial charge is 0.748 e. The highest BCUT2D eigenvalue weighted by Gasteiger charge is 2.48. The topological polar surface area (TPSA) is 405 Å². The van der Waals surface area contributed by atoms with Crippen LogP contribution in [0.4, 0.5) is 70.7 Å². The van der Waals surface area contributed by atoms with Crippen molar-refractivity contribution in [1.82, 2.24) is 0 Å².